The number of hydrogen-bond acceptors (Lipinski definition) is 3. The molecule has 112 valence electrons. The van der Waals surface area contributed by atoms with Gasteiger partial charge in [-0.15, -0.1) is 0 Å². The van der Waals surface area contributed by atoms with Gasteiger partial charge in [0.05, 0.1) is 0 Å². The number of nitrogens with one attached hydrogen (secondary N) is 1. The monoisotopic (exact) mass is 282 g/mol. The van der Waals surface area contributed by atoms with Crippen molar-refractivity contribution in [2.24, 2.45) is 23.0 Å². The molecule has 1 fully saturated rings. The van der Waals surface area contributed by atoms with E-state index in [2.05, 4.69) is 4.84 Å². The fourth-order valence-corrected chi connectivity index (χ4v) is 2.58. The predicted octanol–water partition coefficient (Wildman–Crippen LogP) is 2.00. The van der Waals surface area contributed by atoms with Crippen LogP contribution in [0.3, 0.4) is 0 Å². The molecule has 0 saturated heterocycles. The molecule has 19 heavy (non-hydrogen) atoms. The van der Waals surface area contributed by atoms with Crippen molar-refractivity contribution in [3.8, 4) is 0 Å². The van der Waals surface area contributed by atoms with E-state index in [1.54, 1.807) is 0 Å². The van der Waals surface area contributed by atoms with Gasteiger partial charge in [-0.25, -0.2) is 5.48 Å². The summed E-state index contributed by atoms with van der Waals surface area (Å²) in [6, 6.07) is 0.00939. The van der Waals surface area contributed by atoms with Gasteiger partial charge in [0.15, 0.2) is 6.61 Å². The number of nitrogens with two attached hydrogens (primary N) is 1. The third-order valence-electron chi connectivity index (χ3n) is 4.23. The molecular weight excluding hydrogens is 261 g/mol. The first-order valence-corrected chi connectivity index (χ1v) is 6.29. The van der Waals surface area contributed by atoms with E-state index in [0.717, 1.165) is 0 Å². The SMILES string of the molecule is CC1C(N)CCC(C(=O)NOCC(F)(F)F)C1(C)C. The molecule has 0 radical (unpaired) electrons. The molecule has 0 spiro atoms. The Morgan fingerprint density at radius 1 is 1.42 bits per heavy atom. The van der Waals surface area contributed by atoms with Crippen molar-refractivity contribution in [2.75, 3.05) is 6.61 Å². The largest absolute Gasteiger partial charge is 0.414 e. The lowest BCUT2D eigenvalue weighted by molar-refractivity contribution is -0.194. The Morgan fingerprint density at radius 3 is 2.53 bits per heavy atom. The summed E-state index contributed by atoms with van der Waals surface area (Å²) in [6.45, 7) is 4.29. The van der Waals surface area contributed by atoms with E-state index in [0.29, 0.717) is 12.8 Å². The fourth-order valence-electron chi connectivity index (χ4n) is 2.58. The van der Waals surface area contributed by atoms with Crippen LogP contribution >= 0.6 is 0 Å². The molecule has 1 saturated carbocycles. The van der Waals surface area contributed by atoms with Crippen LogP contribution in [0.1, 0.15) is 33.6 Å². The average molecular weight is 282 g/mol. The molecule has 1 aliphatic carbocycles. The zero-order valence-corrected chi connectivity index (χ0v) is 11.4. The summed E-state index contributed by atoms with van der Waals surface area (Å²) in [5.74, 6) is -0.789. The van der Waals surface area contributed by atoms with E-state index in [1.807, 2.05) is 26.3 Å². The van der Waals surface area contributed by atoms with Gasteiger partial charge < -0.3 is 5.73 Å². The van der Waals surface area contributed by atoms with E-state index >= 15 is 0 Å². The highest BCUT2D eigenvalue weighted by Gasteiger charge is 2.45. The maximum absolute atomic E-state index is 11.9. The number of halogens is 3. The van der Waals surface area contributed by atoms with E-state index < -0.39 is 24.6 Å². The second kappa shape index (κ2) is 5.66. The lowest BCUT2D eigenvalue weighted by atomic mass is 9.61. The summed E-state index contributed by atoms with van der Waals surface area (Å²) in [5.41, 5.74) is 7.49. The normalized spacial score (nSPS) is 31.0. The number of carbonyl (C=O) groups excluding carboxylic acids is 1. The van der Waals surface area contributed by atoms with Crippen LogP contribution in [-0.4, -0.2) is 24.7 Å². The summed E-state index contributed by atoms with van der Waals surface area (Å²) in [6.07, 6.45) is -3.22. The van der Waals surface area contributed by atoms with Crippen LogP contribution in [-0.2, 0) is 9.63 Å². The summed E-state index contributed by atoms with van der Waals surface area (Å²) in [5, 5.41) is 0. The highest BCUT2D eigenvalue weighted by Crippen LogP contribution is 2.44. The van der Waals surface area contributed by atoms with E-state index in [1.165, 1.54) is 0 Å². The third-order valence-corrected chi connectivity index (χ3v) is 4.23. The van der Waals surface area contributed by atoms with Gasteiger partial charge in [0.25, 0.3) is 0 Å². The van der Waals surface area contributed by atoms with Crippen LogP contribution in [0.15, 0.2) is 0 Å². The Kier molecular flexibility index (Phi) is 4.84. The van der Waals surface area contributed by atoms with Gasteiger partial charge in [-0.2, -0.15) is 13.2 Å². The molecule has 0 bridgehead atoms. The Morgan fingerprint density at radius 2 is 2.00 bits per heavy atom. The smallest absolute Gasteiger partial charge is 0.327 e. The van der Waals surface area contributed by atoms with Gasteiger partial charge in [-0.05, 0) is 24.2 Å². The molecule has 3 unspecified atom stereocenters. The minimum absolute atomic E-state index is 0.00939. The average Bonchev–Trinajstić information content (AvgIpc) is 2.24. The third kappa shape index (κ3) is 4.07. The quantitative estimate of drug-likeness (QED) is 0.778. The minimum Gasteiger partial charge on any atom is -0.327 e. The van der Waals surface area contributed by atoms with E-state index in [4.69, 9.17) is 5.73 Å². The summed E-state index contributed by atoms with van der Waals surface area (Å²) < 4.78 is 35.8. The number of amides is 1. The van der Waals surface area contributed by atoms with Gasteiger partial charge in [-0.1, -0.05) is 20.8 Å². The zero-order valence-electron chi connectivity index (χ0n) is 11.4. The van der Waals surface area contributed by atoms with Crippen molar-refractivity contribution in [1.82, 2.24) is 5.48 Å². The van der Waals surface area contributed by atoms with Gasteiger partial charge >= 0.3 is 6.18 Å². The molecular formula is C12H21F3N2O2. The van der Waals surface area contributed by atoms with Crippen molar-refractivity contribution in [3.63, 3.8) is 0 Å². The number of hydroxylamine groups is 1. The molecule has 1 amide bonds. The van der Waals surface area contributed by atoms with E-state index in [-0.39, 0.29) is 17.4 Å². The van der Waals surface area contributed by atoms with Crippen LogP contribution in [0, 0.1) is 17.3 Å². The molecule has 3 atom stereocenters. The Balaban J connectivity index is 2.57. The molecule has 4 nitrogen and oxygen atoms in total. The molecule has 0 aromatic heterocycles. The van der Waals surface area contributed by atoms with Crippen molar-refractivity contribution in [1.29, 1.82) is 0 Å². The van der Waals surface area contributed by atoms with Crippen LogP contribution in [0.4, 0.5) is 13.2 Å². The Labute approximate surface area is 110 Å². The lowest BCUT2D eigenvalue weighted by Gasteiger charge is -2.45. The van der Waals surface area contributed by atoms with Crippen molar-refractivity contribution >= 4 is 5.91 Å². The summed E-state index contributed by atoms with van der Waals surface area (Å²) in [4.78, 5) is 16.1. The molecule has 3 N–H and O–H groups in total. The van der Waals surface area contributed by atoms with E-state index in [9.17, 15) is 18.0 Å². The fraction of sp³-hybridized carbons (Fsp3) is 0.917. The van der Waals surface area contributed by atoms with Crippen LogP contribution in [0.5, 0.6) is 0 Å². The van der Waals surface area contributed by atoms with Gasteiger partial charge in [0.2, 0.25) is 5.91 Å². The summed E-state index contributed by atoms with van der Waals surface area (Å²) >= 11 is 0. The van der Waals surface area contributed by atoms with Crippen molar-refractivity contribution in [2.45, 2.75) is 45.8 Å². The highest BCUT2D eigenvalue weighted by molar-refractivity contribution is 5.78. The maximum Gasteiger partial charge on any atom is 0.414 e. The minimum atomic E-state index is -4.45. The molecule has 7 heteroatoms. The zero-order chi connectivity index (χ0) is 14.8. The number of carbonyl (C=O) groups is 1. The molecule has 0 aromatic rings. The van der Waals surface area contributed by atoms with Crippen LogP contribution < -0.4 is 11.2 Å². The second-order valence-electron chi connectivity index (χ2n) is 5.77. The van der Waals surface area contributed by atoms with Crippen molar-refractivity contribution < 1.29 is 22.8 Å². The Hall–Kier alpha value is -0.820. The predicted molar refractivity (Wildman–Crippen MR) is 63.8 cm³/mol. The summed E-state index contributed by atoms with van der Waals surface area (Å²) in [7, 11) is 0. The topological polar surface area (TPSA) is 64.4 Å². The first-order chi connectivity index (χ1) is 8.55. The Bertz CT molecular complexity index is 331. The number of rotatable bonds is 3. The second-order valence-corrected chi connectivity index (χ2v) is 5.77. The van der Waals surface area contributed by atoms with Crippen molar-refractivity contribution in [3.05, 3.63) is 0 Å². The molecule has 0 heterocycles. The number of hydrogen-bond donors (Lipinski definition) is 2. The van der Waals surface area contributed by atoms with Gasteiger partial charge in [-0.3, -0.25) is 9.63 Å². The maximum atomic E-state index is 11.9. The first-order valence-electron chi connectivity index (χ1n) is 6.29. The van der Waals surface area contributed by atoms with Gasteiger partial charge in [0.1, 0.15) is 0 Å². The highest BCUT2D eigenvalue weighted by atomic mass is 19.4. The number of alkyl halides is 3. The van der Waals surface area contributed by atoms with Crippen LogP contribution in [0.25, 0.3) is 0 Å². The molecule has 1 aliphatic rings. The lowest BCUT2D eigenvalue weighted by Crippen LogP contribution is -2.51. The molecule has 0 aromatic carbocycles. The van der Waals surface area contributed by atoms with Crippen LogP contribution in [0.2, 0.25) is 0 Å². The molecule has 1 rings (SSSR count). The molecule has 0 aliphatic heterocycles. The standard InChI is InChI=1S/C12H21F3N2O2/c1-7-9(16)5-4-8(11(7,2)3)10(18)17-19-6-12(13,14)15/h7-9H,4-6,16H2,1-3H3,(H,17,18). The first kappa shape index (κ1) is 16.2. The van der Waals surface area contributed by atoms with Gasteiger partial charge in [0, 0.05) is 12.0 Å².